The third-order valence-corrected chi connectivity index (χ3v) is 11.0. The van der Waals surface area contributed by atoms with Gasteiger partial charge in [-0.2, -0.15) is 0 Å². The van der Waals surface area contributed by atoms with Gasteiger partial charge in [-0.15, -0.1) is 0 Å². The molecule has 1 heterocycles. The summed E-state index contributed by atoms with van der Waals surface area (Å²) in [6.45, 7) is 8.52. The van der Waals surface area contributed by atoms with E-state index < -0.39 is 0 Å². The molecule has 4 nitrogen and oxygen atoms in total. The van der Waals surface area contributed by atoms with Crippen molar-refractivity contribution in [3.8, 4) is 0 Å². The maximum absolute atomic E-state index is 12.8. The van der Waals surface area contributed by atoms with E-state index in [0.29, 0.717) is 23.0 Å². The highest BCUT2D eigenvalue weighted by Gasteiger charge is 2.61. The molecule has 0 aromatic heterocycles. The molecule has 0 saturated heterocycles. The van der Waals surface area contributed by atoms with Crippen molar-refractivity contribution in [2.45, 2.75) is 84.7 Å². The monoisotopic (exact) mass is 441 g/mol. The molecule has 4 heteroatoms. The minimum Gasteiger partial charge on any atom is -0.462 e. The first-order chi connectivity index (χ1) is 15.2. The summed E-state index contributed by atoms with van der Waals surface area (Å²) in [6.07, 6.45) is 15.0. The van der Waals surface area contributed by atoms with Gasteiger partial charge in [-0.1, -0.05) is 26.0 Å². The fourth-order valence-corrected chi connectivity index (χ4v) is 9.27. The van der Waals surface area contributed by atoms with Crippen LogP contribution in [0.2, 0.25) is 0 Å². The highest BCUT2D eigenvalue weighted by molar-refractivity contribution is 5.79. The van der Waals surface area contributed by atoms with Crippen LogP contribution in [0, 0.1) is 46.3 Å². The number of nitrogens with zero attached hydrogens (tertiary/aromatic N) is 1. The van der Waals surface area contributed by atoms with Gasteiger partial charge in [0.1, 0.15) is 11.9 Å². The van der Waals surface area contributed by atoms with Crippen molar-refractivity contribution in [1.29, 1.82) is 0 Å². The van der Waals surface area contributed by atoms with Gasteiger partial charge in [0, 0.05) is 19.0 Å². The highest BCUT2D eigenvalue weighted by Crippen LogP contribution is 2.67. The number of Topliss-reactive ketones (excluding diaryl/α,β-unsaturated/α-hetero) is 1. The van der Waals surface area contributed by atoms with Crippen LogP contribution in [0.15, 0.2) is 12.2 Å². The van der Waals surface area contributed by atoms with Gasteiger partial charge in [-0.05, 0) is 106 Å². The molecular weight excluding hydrogens is 398 g/mol. The van der Waals surface area contributed by atoms with Crippen molar-refractivity contribution in [3.05, 3.63) is 12.2 Å². The molecular formula is C28H43NO3. The predicted molar refractivity (Wildman–Crippen MR) is 126 cm³/mol. The van der Waals surface area contributed by atoms with Crippen molar-refractivity contribution in [2.75, 3.05) is 20.1 Å². The van der Waals surface area contributed by atoms with Crippen LogP contribution in [0.3, 0.4) is 0 Å². The summed E-state index contributed by atoms with van der Waals surface area (Å²) in [5, 5.41) is 0. The summed E-state index contributed by atoms with van der Waals surface area (Å²) in [4.78, 5) is 27.3. The summed E-state index contributed by atoms with van der Waals surface area (Å²) in [6, 6.07) is 0. The van der Waals surface area contributed by atoms with Gasteiger partial charge < -0.3 is 9.64 Å². The summed E-state index contributed by atoms with van der Waals surface area (Å²) in [7, 11) is 2.06. The van der Waals surface area contributed by atoms with Crippen LogP contribution >= 0.6 is 0 Å². The van der Waals surface area contributed by atoms with Gasteiger partial charge in [0.2, 0.25) is 0 Å². The summed E-state index contributed by atoms with van der Waals surface area (Å²) < 4.78 is 6.08. The van der Waals surface area contributed by atoms with Gasteiger partial charge in [-0.25, -0.2) is 0 Å². The normalized spacial score (nSPS) is 48.4. The van der Waals surface area contributed by atoms with E-state index in [2.05, 4.69) is 31.9 Å². The quantitative estimate of drug-likeness (QED) is 0.442. The fourth-order valence-electron chi connectivity index (χ4n) is 9.27. The molecule has 5 aliphatic rings. The van der Waals surface area contributed by atoms with Gasteiger partial charge in [0.05, 0.1) is 5.92 Å². The Hall–Kier alpha value is -1.16. The number of ether oxygens (including phenoxy) is 1. The Bertz CT molecular complexity index is 792. The minimum atomic E-state index is -0.106. The first kappa shape index (κ1) is 22.6. The molecule has 0 aromatic carbocycles. The van der Waals surface area contributed by atoms with Crippen LogP contribution in [-0.4, -0.2) is 42.9 Å². The van der Waals surface area contributed by atoms with Crippen LogP contribution in [0.5, 0.6) is 0 Å². The number of ketones is 1. The Morgan fingerprint density at radius 1 is 0.969 bits per heavy atom. The number of hydrogen-bond acceptors (Lipinski definition) is 4. The molecule has 4 saturated carbocycles. The topological polar surface area (TPSA) is 46.6 Å². The number of rotatable bonds is 3. The third kappa shape index (κ3) is 3.60. The lowest BCUT2D eigenvalue weighted by atomic mass is 9.44. The lowest BCUT2D eigenvalue weighted by Gasteiger charge is -2.61. The highest BCUT2D eigenvalue weighted by atomic mass is 16.5. The number of carbonyl (C=O) groups excluding carboxylic acids is 2. The van der Waals surface area contributed by atoms with Crippen molar-refractivity contribution < 1.29 is 14.3 Å². The van der Waals surface area contributed by atoms with Crippen molar-refractivity contribution in [3.63, 3.8) is 0 Å². The molecule has 32 heavy (non-hydrogen) atoms. The third-order valence-electron chi connectivity index (χ3n) is 11.0. The molecule has 0 radical (unpaired) electrons. The molecule has 1 unspecified atom stereocenters. The zero-order valence-electron chi connectivity index (χ0n) is 20.6. The lowest BCUT2D eigenvalue weighted by molar-refractivity contribution is -0.166. The minimum absolute atomic E-state index is 0.0234. The van der Waals surface area contributed by atoms with Gasteiger partial charge in [-0.3, -0.25) is 9.59 Å². The zero-order valence-corrected chi connectivity index (χ0v) is 20.6. The molecule has 9 atom stereocenters. The summed E-state index contributed by atoms with van der Waals surface area (Å²) >= 11 is 0. The average Bonchev–Trinajstić information content (AvgIpc) is 3.11. The first-order valence-electron chi connectivity index (χ1n) is 13.3. The molecule has 0 bridgehead atoms. The molecule has 1 aliphatic heterocycles. The maximum atomic E-state index is 12.8. The van der Waals surface area contributed by atoms with E-state index >= 15 is 0 Å². The second kappa shape index (κ2) is 8.25. The Labute approximate surface area is 194 Å². The number of carbonyl (C=O) groups is 2. The smallest absolute Gasteiger partial charge is 0.314 e. The van der Waals surface area contributed by atoms with Crippen molar-refractivity contribution >= 4 is 11.8 Å². The Balaban J connectivity index is 1.25. The van der Waals surface area contributed by atoms with Crippen LogP contribution in [0.25, 0.3) is 0 Å². The second-order valence-electron chi connectivity index (χ2n) is 12.5. The maximum Gasteiger partial charge on any atom is 0.314 e. The van der Waals surface area contributed by atoms with E-state index in [1.807, 2.05) is 13.0 Å². The van der Waals surface area contributed by atoms with Gasteiger partial charge >= 0.3 is 5.97 Å². The fraction of sp³-hybridized carbons (Fsp3) is 0.857. The Morgan fingerprint density at radius 2 is 1.72 bits per heavy atom. The van der Waals surface area contributed by atoms with E-state index in [9.17, 15) is 9.59 Å². The zero-order chi connectivity index (χ0) is 22.7. The SMILES string of the molecule is CC(=O)[C@H]1CC[C@H]2[C@@H]3CC[C@H]4C[C@H](OC(=O)C5C=CCN(C)C5)CC[C@]4(C)[C@H]3CC[C@]12C. The molecule has 178 valence electrons. The van der Waals surface area contributed by atoms with Crippen LogP contribution < -0.4 is 0 Å². The van der Waals surface area contributed by atoms with Crippen LogP contribution in [0.4, 0.5) is 0 Å². The van der Waals surface area contributed by atoms with E-state index in [0.717, 1.165) is 50.1 Å². The Morgan fingerprint density at radius 3 is 2.47 bits per heavy atom. The number of likely N-dealkylation sites (N-methyl/N-ethyl adjacent to an activating group) is 1. The molecule has 4 fully saturated rings. The number of hydrogen-bond donors (Lipinski definition) is 0. The van der Waals surface area contributed by atoms with Crippen LogP contribution in [-0.2, 0) is 14.3 Å². The Kier molecular flexibility index (Phi) is 5.83. The standard InChI is InChI=1S/C28H43NO3/c1-18(30)23-9-10-24-22-8-7-20-16-21(32-26(31)19-6-5-15-29(4)17-19)11-13-27(20,2)25(22)12-14-28(23,24)3/h5-6,19-25H,7-17H2,1-4H3/t19?,20-,21+,22-,23+,24-,25-,27-,28+/m0/s1. The number of fused-ring (bicyclic) bond motifs is 5. The van der Waals surface area contributed by atoms with Crippen LogP contribution in [0.1, 0.15) is 78.6 Å². The molecule has 4 aliphatic carbocycles. The van der Waals surface area contributed by atoms with Gasteiger partial charge in [0.25, 0.3) is 0 Å². The van der Waals surface area contributed by atoms with E-state index in [1.165, 1.54) is 38.5 Å². The second-order valence-corrected chi connectivity index (χ2v) is 12.5. The molecule has 0 spiro atoms. The van der Waals surface area contributed by atoms with Crippen molar-refractivity contribution in [2.24, 2.45) is 46.3 Å². The van der Waals surface area contributed by atoms with Gasteiger partial charge in [0.15, 0.2) is 0 Å². The molecule has 5 rings (SSSR count). The number of esters is 1. The molecule has 0 N–H and O–H groups in total. The summed E-state index contributed by atoms with van der Waals surface area (Å²) in [5.74, 6) is 3.58. The first-order valence-corrected chi connectivity index (χ1v) is 13.3. The summed E-state index contributed by atoms with van der Waals surface area (Å²) in [5.41, 5.74) is 0.621. The average molecular weight is 442 g/mol. The van der Waals surface area contributed by atoms with E-state index in [1.54, 1.807) is 0 Å². The van der Waals surface area contributed by atoms with E-state index in [-0.39, 0.29) is 23.4 Å². The lowest BCUT2D eigenvalue weighted by Crippen LogP contribution is -2.54. The molecule has 0 amide bonds. The predicted octanol–water partition coefficient (Wildman–Crippen LogP) is 5.26. The van der Waals surface area contributed by atoms with E-state index in [4.69, 9.17) is 4.74 Å². The van der Waals surface area contributed by atoms with Crippen molar-refractivity contribution in [1.82, 2.24) is 4.90 Å². The molecule has 0 aromatic rings. The largest absolute Gasteiger partial charge is 0.462 e.